The van der Waals surface area contributed by atoms with E-state index in [-0.39, 0.29) is 18.1 Å². The predicted octanol–water partition coefficient (Wildman–Crippen LogP) is 1.97. The molecule has 2 heterocycles. The summed E-state index contributed by atoms with van der Waals surface area (Å²) in [6.45, 7) is 7.16. The van der Waals surface area contributed by atoms with Gasteiger partial charge in [0, 0.05) is 44.6 Å². The average Bonchev–Trinajstić information content (AvgIpc) is 3.53. The van der Waals surface area contributed by atoms with E-state index in [4.69, 9.17) is 9.47 Å². The molecule has 0 aromatic carbocycles. The van der Waals surface area contributed by atoms with Gasteiger partial charge in [0.2, 0.25) is 0 Å². The number of amides is 1. The van der Waals surface area contributed by atoms with Gasteiger partial charge in [-0.15, -0.1) is 0 Å². The largest absolute Gasteiger partial charge is 0.385 e. The van der Waals surface area contributed by atoms with Crippen LogP contribution in [0, 0.1) is 0 Å². The van der Waals surface area contributed by atoms with Crippen molar-refractivity contribution in [3.63, 3.8) is 0 Å². The van der Waals surface area contributed by atoms with E-state index in [1.54, 1.807) is 7.11 Å². The van der Waals surface area contributed by atoms with Gasteiger partial charge < -0.3 is 25.0 Å². The summed E-state index contributed by atoms with van der Waals surface area (Å²) >= 11 is 0. The van der Waals surface area contributed by atoms with E-state index in [1.165, 1.54) is 11.3 Å². The maximum atomic E-state index is 13.2. The molecule has 3 rings (SSSR count). The van der Waals surface area contributed by atoms with Gasteiger partial charge in [0.05, 0.1) is 12.6 Å². The number of carbonyl (C=O) groups excluding carboxylic acids is 1. The molecule has 0 aromatic heterocycles. The van der Waals surface area contributed by atoms with Gasteiger partial charge in [-0.25, -0.2) is 0 Å². The third-order valence-electron chi connectivity index (χ3n) is 5.65. The molecule has 0 bridgehead atoms. The number of methoxy groups -OCH3 is 1. The van der Waals surface area contributed by atoms with Gasteiger partial charge in [-0.1, -0.05) is 13.0 Å². The molecule has 3 atom stereocenters. The van der Waals surface area contributed by atoms with Crippen molar-refractivity contribution in [2.75, 3.05) is 33.4 Å². The first-order valence-electron chi connectivity index (χ1n) is 10.5. The maximum Gasteiger partial charge on any atom is 0.253 e. The van der Waals surface area contributed by atoms with E-state index < -0.39 is 0 Å². The van der Waals surface area contributed by atoms with Crippen molar-refractivity contribution in [2.24, 2.45) is 0 Å². The number of ether oxygens (including phenoxy) is 2. The second kappa shape index (κ2) is 9.71. The summed E-state index contributed by atoms with van der Waals surface area (Å²) in [5, 5.41) is 6.89. The van der Waals surface area contributed by atoms with Crippen LogP contribution >= 0.6 is 0 Å². The monoisotopic (exact) mass is 377 g/mol. The van der Waals surface area contributed by atoms with Crippen molar-refractivity contribution in [3.05, 3.63) is 23.4 Å². The molecule has 1 aliphatic carbocycles. The Morgan fingerprint density at radius 3 is 2.89 bits per heavy atom. The van der Waals surface area contributed by atoms with Gasteiger partial charge in [0.1, 0.15) is 6.10 Å². The van der Waals surface area contributed by atoms with Crippen molar-refractivity contribution in [3.8, 4) is 0 Å². The molecule has 6 heteroatoms. The van der Waals surface area contributed by atoms with E-state index in [1.807, 2.05) is 0 Å². The van der Waals surface area contributed by atoms with Crippen LogP contribution in [0.4, 0.5) is 0 Å². The minimum Gasteiger partial charge on any atom is -0.385 e. The van der Waals surface area contributed by atoms with E-state index in [0.717, 1.165) is 45.3 Å². The van der Waals surface area contributed by atoms with Gasteiger partial charge in [0.15, 0.2) is 0 Å². The fourth-order valence-corrected chi connectivity index (χ4v) is 3.96. The molecular formula is C21H35N3O3. The van der Waals surface area contributed by atoms with E-state index >= 15 is 0 Å². The minimum atomic E-state index is -0.351. The number of carbonyl (C=O) groups is 1. The van der Waals surface area contributed by atoms with Crippen LogP contribution in [0.5, 0.6) is 0 Å². The zero-order valence-corrected chi connectivity index (χ0v) is 17.0. The molecular weight excluding hydrogens is 342 g/mol. The first-order chi connectivity index (χ1) is 13.1. The maximum absolute atomic E-state index is 13.2. The normalized spacial score (nSPS) is 26.6. The zero-order valence-electron chi connectivity index (χ0n) is 17.0. The molecule has 152 valence electrons. The number of nitrogens with one attached hydrogen (secondary N) is 2. The second-order valence-corrected chi connectivity index (χ2v) is 7.79. The van der Waals surface area contributed by atoms with Crippen LogP contribution in [-0.4, -0.2) is 68.4 Å². The molecule has 27 heavy (non-hydrogen) atoms. The lowest BCUT2D eigenvalue weighted by molar-refractivity contribution is -0.147. The molecule has 2 fully saturated rings. The molecule has 6 nitrogen and oxygen atoms in total. The number of dihydropyridines is 1. The number of rotatable bonds is 9. The van der Waals surface area contributed by atoms with E-state index in [9.17, 15) is 4.79 Å². The molecule has 2 N–H and O–H groups in total. The van der Waals surface area contributed by atoms with Crippen LogP contribution in [0.25, 0.3) is 0 Å². The van der Waals surface area contributed by atoms with Gasteiger partial charge in [0.25, 0.3) is 5.91 Å². The van der Waals surface area contributed by atoms with Crippen LogP contribution in [0.1, 0.15) is 46.0 Å². The number of morpholine rings is 1. The van der Waals surface area contributed by atoms with E-state index in [2.05, 4.69) is 41.5 Å². The SMILES string of the molecule is CCC1=CC([C@@H](C)N(C(=O)[C@H]2CNCCO2)C2CC2)=CC(CCCOC)N1. The van der Waals surface area contributed by atoms with Gasteiger partial charge in [-0.3, -0.25) is 4.79 Å². The van der Waals surface area contributed by atoms with Crippen LogP contribution in [0.3, 0.4) is 0 Å². The topological polar surface area (TPSA) is 62.8 Å². The average molecular weight is 378 g/mol. The predicted molar refractivity (Wildman–Crippen MR) is 106 cm³/mol. The lowest BCUT2D eigenvalue weighted by atomic mass is 9.96. The van der Waals surface area contributed by atoms with Crippen molar-refractivity contribution < 1.29 is 14.3 Å². The number of hydrogen-bond acceptors (Lipinski definition) is 5. The Morgan fingerprint density at radius 2 is 2.26 bits per heavy atom. The number of nitrogens with zero attached hydrogens (tertiary/aromatic N) is 1. The lowest BCUT2D eigenvalue weighted by Gasteiger charge is -2.36. The highest BCUT2D eigenvalue weighted by atomic mass is 16.5. The Balaban J connectivity index is 1.73. The second-order valence-electron chi connectivity index (χ2n) is 7.79. The highest BCUT2D eigenvalue weighted by molar-refractivity contribution is 5.82. The standard InChI is InChI=1S/C21H35N3O3/c1-4-17-12-16(13-18(23-17)6-5-10-26-3)15(2)24(19-7-8-19)21(25)20-14-22-9-11-27-20/h12-13,15,18-20,22-23H,4-11,14H2,1-3H3/t15-,18?,20-/m1/s1. The smallest absolute Gasteiger partial charge is 0.253 e. The van der Waals surface area contributed by atoms with Crippen molar-refractivity contribution in [1.82, 2.24) is 15.5 Å². The van der Waals surface area contributed by atoms with Crippen molar-refractivity contribution >= 4 is 5.91 Å². The number of allylic oxidation sites excluding steroid dienone is 1. The Bertz CT molecular complexity index is 565. The molecule has 0 spiro atoms. The summed E-state index contributed by atoms with van der Waals surface area (Å²) in [6, 6.07) is 0.740. The molecule has 1 saturated carbocycles. The fourth-order valence-electron chi connectivity index (χ4n) is 3.96. The summed E-state index contributed by atoms with van der Waals surface area (Å²) in [7, 11) is 1.75. The van der Waals surface area contributed by atoms with Gasteiger partial charge >= 0.3 is 0 Å². The van der Waals surface area contributed by atoms with Crippen LogP contribution < -0.4 is 10.6 Å². The Hall–Kier alpha value is -1.37. The molecule has 1 amide bonds. The van der Waals surface area contributed by atoms with Crippen LogP contribution in [-0.2, 0) is 14.3 Å². The van der Waals surface area contributed by atoms with Crippen LogP contribution in [0.15, 0.2) is 23.4 Å². The third-order valence-corrected chi connectivity index (χ3v) is 5.65. The highest BCUT2D eigenvalue weighted by Gasteiger charge is 2.40. The highest BCUT2D eigenvalue weighted by Crippen LogP contribution is 2.33. The third kappa shape index (κ3) is 5.33. The van der Waals surface area contributed by atoms with Crippen molar-refractivity contribution in [1.29, 1.82) is 0 Å². The van der Waals surface area contributed by atoms with Gasteiger partial charge in [-0.05, 0) is 50.7 Å². The van der Waals surface area contributed by atoms with Gasteiger partial charge in [-0.2, -0.15) is 0 Å². The zero-order chi connectivity index (χ0) is 19.2. The van der Waals surface area contributed by atoms with Crippen LogP contribution in [0.2, 0.25) is 0 Å². The van der Waals surface area contributed by atoms with E-state index in [0.29, 0.717) is 25.2 Å². The molecule has 2 aliphatic heterocycles. The molecule has 3 aliphatic rings. The summed E-state index contributed by atoms with van der Waals surface area (Å²) in [5.41, 5.74) is 2.50. The molecule has 1 saturated heterocycles. The Morgan fingerprint density at radius 1 is 1.44 bits per heavy atom. The van der Waals surface area contributed by atoms with Crippen molar-refractivity contribution in [2.45, 2.75) is 70.2 Å². The minimum absolute atomic E-state index is 0.0732. The molecule has 0 radical (unpaired) electrons. The summed E-state index contributed by atoms with van der Waals surface area (Å²) in [5.74, 6) is 0.138. The quantitative estimate of drug-likeness (QED) is 0.602. The molecule has 1 unspecified atom stereocenters. The first-order valence-corrected chi connectivity index (χ1v) is 10.5. The summed E-state index contributed by atoms with van der Waals surface area (Å²) in [4.78, 5) is 15.3. The summed E-state index contributed by atoms with van der Waals surface area (Å²) in [6.07, 6.45) is 9.42. The Labute approximate surface area is 163 Å². The first kappa shape index (κ1) is 20.4. The molecule has 0 aromatic rings. The Kier molecular flexibility index (Phi) is 7.33. The summed E-state index contributed by atoms with van der Waals surface area (Å²) < 4.78 is 11.0. The lowest BCUT2D eigenvalue weighted by Crippen LogP contribution is -2.53. The fraction of sp³-hybridized carbons (Fsp3) is 0.762. The number of hydrogen-bond donors (Lipinski definition) is 2.